The molecular formula is C18H18N4O5. The van der Waals surface area contributed by atoms with Crippen molar-refractivity contribution in [1.29, 1.82) is 0 Å². The van der Waals surface area contributed by atoms with Gasteiger partial charge in [0.05, 0.1) is 6.61 Å². The van der Waals surface area contributed by atoms with E-state index in [-0.39, 0.29) is 24.8 Å². The van der Waals surface area contributed by atoms with E-state index in [4.69, 9.17) is 9.26 Å². The molecule has 0 aliphatic carbocycles. The summed E-state index contributed by atoms with van der Waals surface area (Å²) in [6, 6.07) is 8.22. The Bertz CT molecular complexity index is 924. The first-order chi connectivity index (χ1) is 13.0. The second-order valence-electron chi connectivity index (χ2n) is 6.51. The molecule has 1 spiro atoms. The standard InChI is InChI=1S/C18H18N4O5/c1-11-10-14(21-27-11)19-15(23)6-8-22-16(24)18(20-17(22)25)7-9-26-13-5-3-2-4-12(13)18/h2-5,10H,6-9H2,1H3,(H,20,25)(H,19,21,23)/t18-/m1/s1. The summed E-state index contributed by atoms with van der Waals surface area (Å²) in [6.45, 7) is 2.00. The number of urea groups is 1. The number of aromatic nitrogens is 1. The van der Waals surface area contributed by atoms with Crippen molar-refractivity contribution < 1.29 is 23.6 Å². The van der Waals surface area contributed by atoms with E-state index in [2.05, 4.69) is 15.8 Å². The van der Waals surface area contributed by atoms with Gasteiger partial charge in [-0.25, -0.2) is 4.79 Å². The Kier molecular flexibility index (Phi) is 4.06. The largest absolute Gasteiger partial charge is 0.493 e. The Morgan fingerprint density at radius 1 is 1.37 bits per heavy atom. The molecule has 1 fully saturated rings. The highest BCUT2D eigenvalue weighted by Crippen LogP contribution is 2.40. The quantitative estimate of drug-likeness (QED) is 0.789. The van der Waals surface area contributed by atoms with Gasteiger partial charge < -0.3 is 19.9 Å². The molecule has 2 N–H and O–H groups in total. The van der Waals surface area contributed by atoms with Crippen molar-refractivity contribution in [3.8, 4) is 5.75 Å². The Morgan fingerprint density at radius 2 is 2.19 bits per heavy atom. The number of benzene rings is 1. The zero-order valence-corrected chi connectivity index (χ0v) is 14.7. The number of fused-ring (bicyclic) bond motifs is 2. The molecule has 140 valence electrons. The number of anilines is 1. The number of amides is 4. The molecule has 4 rings (SSSR count). The monoisotopic (exact) mass is 370 g/mol. The van der Waals surface area contributed by atoms with Gasteiger partial charge in [-0.3, -0.25) is 14.5 Å². The number of carbonyl (C=O) groups is 3. The van der Waals surface area contributed by atoms with E-state index in [9.17, 15) is 14.4 Å². The van der Waals surface area contributed by atoms with Crippen molar-refractivity contribution in [2.45, 2.75) is 25.3 Å². The summed E-state index contributed by atoms with van der Waals surface area (Å²) in [5.74, 6) is 0.716. The lowest BCUT2D eigenvalue weighted by Crippen LogP contribution is -2.47. The summed E-state index contributed by atoms with van der Waals surface area (Å²) in [4.78, 5) is 38.6. The van der Waals surface area contributed by atoms with Gasteiger partial charge >= 0.3 is 6.03 Å². The minimum atomic E-state index is -1.13. The van der Waals surface area contributed by atoms with Gasteiger partial charge in [0.2, 0.25) is 5.91 Å². The van der Waals surface area contributed by atoms with Crippen LogP contribution in [0.4, 0.5) is 10.6 Å². The fraction of sp³-hybridized carbons (Fsp3) is 0.333. The summed E-state index contributed by atoms with van der Waals surface area (Å²) in [6.07, 6.45) is 0.300. The Morgan fingerprint density at radius 3 is 2.96 bits per heavy atom. The number of rotatable bonds is 4. The predicted molar refractivity (Wildman–Crippen MR) is 93.0 cm³/mol. The number of ether oxygens (including phenoxy) is 1. The molecule has 4 amide bonds. The molecule has 1 saturated heterocycles. The molecule has 1 atom stereocenters. The summed E-state index contributed by atoms with van der Waals surface area (Å²) in [7, 11) is 0. The first-order valence-corrected chi connectivity index (χ1v) is 8.59. The minimum Gasteiger partial charge on any atom is -0.493 e. The molecular weight excluding hydrogens is 352 g/mol. The number of hydrogen-bond donors (Lipinski definition) is 2. The third-order valence-electron chi connectivity index (χ3n) is 4.72. The van der Waals surface area contributed by atoms with Gasteiger partial charge in [-0.15, -0.1) is 0 Å². The zero-order chi connectivity index (χ0) is 19.0. The maximum absolute atomic E-state index is 13.1. The van der Waals surface area contributed by atoms with E-state index in [0.29, 0.717) is 35.9 Å². The molecule has 1 aromatic heterocycles. The van der Waals surface area contributed by atoms with Crippen LogP contribution in [-0.2, 0) is 15.1 Å². The summed E-state index contributed by atoms with van der Waals surface area (Å²) < 4.78 is 10.5. The second kappa shape index (κ2) is 6.42. The van der Waals surface area contributed by atoms with Gasteiger partial charge in [0, 0.05) is 31.0 Å². The molecule has 0 saturated carbocycles. The molecule has 1 aromatic carbocycles. The summed E-state index contributed by atoms with van der Waals surface area (Å²) >= 11 is 0. The molecule has 2 aliphatic rings. The van der Waals surface area contributed by atoms with Crippen LogP contribution in [0.2, 0.25) is 0 Å². The van der Waals surface area contributed by atoms with Gasteiger partial charge in [-0.2, -0.15) is 0 Å². The number of nitrogens with zero attached hydrogens (tertiary/aromatic N) is 2. The highest BCUT2D eigenvalue weighted by Gasteiger charge is 2.54. The molecule has 2 aromatic rings. The van der Waals surface area contributed by atoms with Crippen LogP contribution in [0.25, 0.3) is 0 Å². The van der Waals surface area contributed by atoms with Crippen LogP contribution in [0.3, 0.4) is 0 Å². The van der Waals surface area contributed by atoms with Crippen LogP contribution >= 0.6 is 0 Å². The Balaban J connectivity index is 1.47. The molecule has 0 bridgehead atoms. The van der Waals surface area contributed by atoms with Crippen LogP contribution < -0.4 is 15.4 Å². The Labute approximate surface area is 154 Å². The molecule has 2 aliphatic heterocycles. The molecule has 3 heterocycles. The lowest BCUT2D eigenvalue weighted by atomic mass is 9.84. The first-order valence-electron chi connectivity index (χ1n) is 8.59. The highest BCUT2D eigenvalue weighted by molar-refractivity contribution is 6.08. The van der Waals surface area contributed by atoms with Gasteiger partial charge in [0.15, 0.2) is 11.4 Å². The number of carbonyl (C=O) groups excluding carboxylic acids is 3. The summed E-state index contributed by atoms with van der Waals surface area (Å²) in [5, 5.41) is 9.05. The average molecular weight is 370 g/mol. The smallest absolute Gasteiger partial charge is 0.325 e. The van der Waals surface area contributed by atoms with Crippen LogP contribution in [0.5, 0.6) is 5.75 Å². The Hall–Kier alpha value is -3.36. The van der Waals surface area contributed by atoms with Crippen molar-refractivity contribution in [3.05, 3.63) is 41.7 Å². The second-order valence-corrected chi connectivity index (χ2v) is 6.51. The lowest BCUT2D eigenvalue weighted by Gasteiger charge is -2.33. The van der Waals surface area contributed by atoms with E-state index < -0.39 is 11.6 Å². The highest BCUT2D eigenvalue weighted by atomic mass is 16.5. The van der Waals surface area contributed by atoms with Gasteiger partial charge in [-0.1, -0.05) is 23.4 Å². The topological polar surface area (TPSA) is 114 Å². The van der Waals surface area contributed by atoms with Crippen molar-refractivity contribution in [2.24, 2.45) is 0 Å². The predicted octanol–water partition coefficient (Wildman–Crippen LogP) is 1.54. The maximum atomic E-state index is 13.1. The van der Waals surface area contributed by atoms with Crippen molar-refractivity contribution in [1.82, 2.24) is 15.4 Å². The third-order valence-corrected chi connectivity index (χ3v) is 4.72. The number of aryl methyl sites for hydroxylation is 1. The van der Waals surface area contributed by atoms with E-state index in [1.54, 1.807) is 31.2 Å². The molecule has 27 heavy (non-hydrogen) atoms. The van der Waals surface area contributed by atoms with Crippen LogP contribution in [-0.4, -0.2) is 41.1 Å². The number of imide groups is 1. The van der Waals surface area contributed by atoms with Crippen molar-refractivity contribution in [2.75, 3.05) is 18.5 Å². The summed E-state index contributed by atoms with van der Waals surface area (Å²) in [5.41, 5.74) is -0.495. The third kappa shape index (κ3) is 2.90. The SMILES string of the molecule is Cc1cc(NC(=O)CCN2C(=O)N[C@@]3(CCOc4ccccc43)C2=O)no1. The molecule has 0 radical (unpaired) electrons. The van der Waals surface area contributed by atoms with E-state index in [1.807, 2.05) is 6.07 Å². The van der Waals surface area contributed by atoms with Crippen LogP contribution in [0.1, 0.15) is 24.2 Å². The fourth-order valence-corrected chi connectivity index (χ4v) is 3.42. The normalized spacial score (nSPS) is 21.0. The molecule has 0 unspecified atom stereocenters. The number of nitrogens with one attached hydrogen (secondary N) is 2. The van der Waals surface area contributed by atoms with Gasteiger partial charge in [0.25, 0.3) is 5.91 Å². The van der Waals surface area contributed by atoms with Crippen molar-refractivity contribution in [3.63, 3.8) is 0 Å². The lowest BCUT2D eigenvalue weighted by molar-refractivity contribution is -0.132. The average Bonchev–Trinajstić information content (AvgIpc) is 3.15. The van der Waals surface area contributed by atoms with E-state index in [0.717, 1.165) is 4.90 Å². The maximum Gasteiger partial charge on any atom is 0.325 e. The van der Waals surface area contributed by atoms with Crippen LogP contribution in [0, 0.1) is 6.92 Å². The van der Waals surface area contributed by atoms with Crippen LogP contribution in [0.15, 0.2) is 34.9 Å². The number of para-hydroxylation sites is 1. The minimum absolute atomic E-state index is 0.0297. The zero-order valence-electron chi connectivity index (χ0n) is 14.7. The van der Waals surface area contributed by atoms with Gasteiger partial charge in [0.1, 0.15) is 11.5 Å². The first kappa shape index (κ1) is 17.1. The number of hydrogen-bond acceptors (Lipinski definition) is 6. The fourth-order valence-electron chi connectivity index (χ4n) is 3.42. The molecule has 9 nitrogen and oxygen atoms in total. The van der Waals surface area contributed by atoms with Gasteiger partial charge in [-0.05, 0) is 13.0 Å². The molecule has 9 heteroatoms. The van der Waals surface area contributed by atoms with Crippen molar-refractivity contribution >= 4 is 23.7 Å². The van der Waals surface area contributed by atoms with E-state index in [1.165, 1.54) is 0 Å². The van der Waals surface area contributed by atoms with E-state index >= 15 is 0 Å².